The summed E-state index contributed by atoms with van der Waals surface area (Å²) in [7, 11) is 0. The molecule has 0 fully saturated rings. The maximum Gasteiger partial charge on any atom is 0.0178 e. The number of hydrogen-bond donors (Lipinski definition) is 1. The van der Waals surface area contributed by atoms with E-state index in [2.05, 4.69) is 0 Å². The van der Waals surface area contributed by atoms with Crippen LogP contribution in [-0.2, 0) is 6.54 Å². The predicted octanol–water partition coefficient (Wildman–Crippen LogP) is 2.62. The molecule has 0 bridgehead atoms. The first kappa shape index (κ1) is 1.85. The van der Waals surface area contributed by atoms with Crippen LogP contribution in [0.3, 0.4) is 0 Å². The van der Waals surface area contributed by atoms with Gasteiger partial charge >= 0.3 is 0 Å². The number of rotatable bonds is 1. The van der Waals surface area contributed by atoms with Crippen LogP contribution in [0.5, 0.6) is 0 Å². The molecule has 0 radical (unpaired) electrons. The van der Waals surface area contributed by atoms with Gasteiger partial charge in [0.25, 0.3) is 0 Å². The van der Waals surface area contributed by atoms with Crippen molar-refractivity contribution >= 4 is 0 Å². The first-order valence-corrected chi connectivity index (χ1v) is 2.67. The normalized spacial score (nSPS) is 14.1. The molecule has 0 saturated carbocycles. The van der Waals surface area contributed by atoms with E-state index < -0.39 is 0 Å². The smallest absolute Gasteiger partial charge is 0.0178 e. The van der Waals surface area contributed by atoms with Crippen molar-refractivity contribution in [1.82, 2.24) is 0 Å². The molecule has 0 atom stereocenters. The molecule has 2 N–H and O–H groups in total. The van der Waals surface area contributed by atoms with Gasteiger partial charge in [-0.25, -0.2) is 0 Å². The maximum atomic E-state index is 5.35. The average Bonchev–Trinajstić information content (AvgIpc) is 2.57. The molecule has 0 spiro atoms. The van der Waals surface area contributed by atoms with Crippen LogP contribution in [0.4, 0.5) is 0 Å². The zero-order valence-electron chi connectivity index (χ0n) is 14.7. The topological polar surface area (TPSA) is 26.0 Å². The molecule has 0 heterocycles. The minimum atomic E-state index is 0. The molecule has 1 aromatic rings. The molecule has 1 nitrogen and oxygen atoms in total. The van der Waals surface area contributed by atoms with Gasteiger partial charge in [-0.15, -0.1) is 0 Å². The van der Waals surface area contributed by atoms with Crippen molar-refractivity contribution in [3.05, 3.63) is 35.9 Å². The van der Waals surface area contributed by atoms with Gasteiger partial charge in [0.05, 0.1) is 0 Å². The highest BCUT2D eigenvalue weighted by Gasteiger charge is 1.80. The number of benzene rings is 1. The van der Waals surface area contributed by atoms with E-state index in [1.165, 1.54) is 5.56 Å². The summed E-state index contributed by atoms with van der Waals surface area (Å²) in [5.41, 5.74) is 6.54. The number of hydrogen-bond acceptors (Lipinski definition) is 1. The Balaban J connectivity index is -0.0000000332. The SMILES string of the molecule is NCc1ccccc1.[2HH].[2H][2H].[2H][2H].[2H][2H].[2H][2H].[2H][2H]. The quantitative estimate of drug-likeness (QED) is 0.621. The molecule has 54 valence electrons. The van der Waals surface area contributed by atoms with Gasteiger partial charge in [-0.1, -0.05) is 30.3 Å². The summed E-state index contributed by atoms with van der Waals surface area (Å²) in [6.07, 6.45) is 0. The lowest BCUT2D eigenvalue weighted by Gasteiger charge is -1.90. The average molecular weight is 130 g/mol. The van der Waals surface area contributed by atoms with Gasteiger partial charge in [-0.3, -0.25) is 0 Å². The van der Waals surface area contributed by atoms with Crippen molar-refractivity contribution in [2.75, 3.05) is 0 Å². The summed E-state index contributed by atoms with van der Waals surface area (Å²) in [5.74, 6) is 0. The fourth-order valence-electron chi connectivity index (χ4n) is 0.614. The van der Waals surface area contributed by atoms with Gasteiger partial charge in [0.15, 0.2) is 0 Å². The van der Waals surface area contributed by atoms with Crippen LogP contribution in [-0.4, -0.2) is 0 Å². The zero-order chi connectivity index (χ0) is 15.8. The largest absolute Gasteiger partial charge is 0.326 e. The van der Waals surface area contributed by atoms with Crippen molar-refractivity contribution in [3.63, 3.8) is 0 Å². The molecule has 0 saturated heterocycles. The van der Waals surface area contributed by atoms with Gasteiger partial charge < -0.3 is 5.73 Å². The maximum absolute atomic E-state index is 5.35. The Kier molecular flexibility index (Phi) is 0.573. The molecule has 8 heavy (non-hydrogen) atoms. The van der Waals surface area contributed by atoms with E-state index in [-0.39, 0.29) is 1.43 Å². The van der Waals surface area contributed by atoms with Crippen LogP contribution in [0.25, 0.3) is 0 Å². The van der Waals surface area contributed by atoms with E-state index in [0.717, 1.165) is 0 Å². The van der Waals surface area contributed by atoms with Crippen molar-refractivity contribution < 1.29 is 16.3 Å². The van der Waals surface area contributed by atoms with E-state index in [0.29, 0.717) is 6.54 Å². The lowest BCUT2D eigenvalue weighted by atomic mass is 10.2. The van der Waals surface area contributed by atoms with Gasteiger partial charge in [0, 0.05) is 22.8 Å². The second kappa shape index (κ2) is 2.48. The highest BCUT2D eigenvalue weighted by molar-refractivity contribution is 5.13. The van der Waals surface area contributed by atoms with E-state index in [4.69, 9.17) is 20.6 Å². The molecule has 1 rings (SSSR count). The molecule has 0 aromatic heterocycles. The minimum Gasteiger partial charge on any atom is -0.326 e. The predicted molar refractivity (Wildman–Crippen MR) is 47.0 cm³/mol. The van der Waals surface area contributed by atoms with Crippen LogP contribution >= 0.6 is 0 Å². The molecule has 1 heteroatoms. The summed E-state index contributed by atoms with van der Waals surface area (Å²) in [6.45, 7) is 0.640. The Bertz CT molecular complexity index is 164. The lowest BCUT2D eigenvalue weighted by molar-refractivity contribution is 1.07. The van der Waals surface area contributed by atoms with Gasteiger partial charge in [0.2, 0.25) is 0 Å². The molecule has 0 aliphatic rings. The Morgan fingerprint density at radius 2 is 2.00 bits per heavy atom. The summed E-state index contributed by atoms with van der Waals surface area (Å²) in [4.78, 5) is 0. The van der Waals surface area contributed by atoms with Crippen LogP contribution in [0.1, 0.15) is 21.8 Å². The molecular formula is C7H21N. The van der Waals surface area contributed by atoms with Gasteiger partial charge in [-0.05, 0) is 5.56 Å². The summed E-state index contributed by atoms with van der Waals surface area (Å²) in [5, 5.41) is 0. The van der Waals surface area contributed by atoms with Crippen LogP contribution in [0, 0.1) is 0 Å². The molecule has 0 unspecified atom stereocenters. The van der Waals surface area contributed by atoms with Crippen molar-refractivity contribution in [2.45, 2.75) is 6.54 Å². The Labute approximate surface area is 66.1 Å². The van der Waals surface area contributed by atoms with Crippen LogP contribution in [0.15, 0.2) is 30.3 Å². The molecule has 0 aliphatic carbocycles. The highest BCUT2D eigenvalue weighted by atomic mass is 14.5. The monoisotopic (exact) mass is 130 g/mol. The lowest BCUT2D eigenvalue weighted by Crippen LogP contribution is -1.94. The van der Waals surface area contributed by atoms with Gasteiger partial charge in [0.1, 0.15) is 0 Å². The summed E-state index contributed by atoms with van der Waals surface area (Å²) in [6, 6.07) is 9.99. The standard InChI is InChI=1S/C7H9N.6H2/c8-6-7-4-2-1-3-5-7;;;;;;/h1-5H,6,8H2;6*1H/i;5*1+1D;1+1. The number of nitrogens with two attached hydrogens (primary N) is 1. The molecule has 0 aliphatic heterocycles. The first-order valence-electron chi connectivity index (χ1n) is 7.67. The Hall–Kier alpha value is -0.820. The van der Waals surface area contributed by atoms with Gasteiger partial charge in [-0.2, -0.15) is 0 Å². The van der Waals surface area contributed by atoms with Crippen LogP contribution in [0.2, 0.25) is 0 Å². The van der Waals surface area contributed by atoms with E-state index in [9.17, 15) is 0 Å². The summed E-state index contributed by atoms with van der Waals surface area (Å²) < 4.78 is 50.0. The second-order valence-corrected chi connectivity index (χ2v) is 1.69. The molecular weight excluding hydrogens is 98.1 g/mol. The fraction of sp³-hybridized carbons (Fsp3) is 0.143. The van der Waals surface area contributed by atoms with Crippen molar-refractivity contribution in [2.24, 2.45) is 5.73 Å². The Morgan fingerprint density at radius 3 is 2.38 bits per heavy atom. The molecule has 1 aromatic carbocycles. The molecule has 0 amide bonds. The van der Waals surface area contributed by atoms with E-state index in [1.54, 1.807) is 0 Å². The third kappa shape index (κ3) is 1.07. The van der Waals surface area contributed by atoms with E-state index in [1.807, 2.05) is 30.3 Å². The highest BCUT2D eigenvalue weighted by Crippen LogP contribution is 1.94. The third-order valence-electron chi connectivity index (χ3n) is 1.08. The third-order valence-corrected chi connectivity index (χ3v) is 1.08. The first-order chi connectivity index (χ1) is 8.93. The second-order valence-electron chi connectivity index (χ2n) is 1.69. The van der Waals surface area contributed by atoms with Crippen LogP contribution < -0.4 is 5.73 Å². The minimum absolute atomic E-state index is 0. The van der Waals surface area contributed by atoms with Crippen molar-refractivity contribution in [3.8, 4) is 0 Å². The van der Waals surface area contributed by atoms with E-state index >= 15 is 0 Å². The fourth-order valence-corrected chi connectivity index (χ4v) is 0.614. The zero-order valence-corrected chi connectivity index (χ0v) is 4.67. The Morgan fingerprint density at radius 1 is 1.38 bits per heavy atom. The summed E-state index contributed by atoms with van der Waals surface area (Å²) >= 11 is 0. The van der Waals surface area contributed by atoms with Crippen molar-refractivity contribution in [1.29, 1.82) is 0 Å².